The van der Waals surface area contributed by atoms with Crippen LogP contribution < -0.4 is 0 Å². The molecule has 6 atom stereocenters. The summed E-state index contributed by atoms with van der Waals surface area (Å²) in [7, 11) is -9.88. The third kappa shape index (κ3) is 57.6. The Hall–Kier alpha value is -1.94. The average Bonchev–Trinajstić information content (AvgIpc) is 3.44. The van der Waals surface area contributed by atoms with Crippen LogP contribution in [0.2, 0.25) is 0 Å². The second-order valence-corrected chi connectivity index (χ2v) is 27.3. The van der Waals surface area contributed by atoms with Gasteiger partial charge in [-0.15, -0.1) is 0 Å². The summed E-state index contributed by atoms with van der Waals surface area (Å²) in [5, 5.41) is 10.5. The molecule has 0 aromatic rings. The molecule has 3 N–H and O–H groups in total. The number of ether oxygens (including phenoxy) is 4. The Morgan fingerprint density at radius 2 is 0.614 bits per heavy atom. The maximum Gasteiger partial charge on any atom is 0.472 e. The first kappa shape index (κ1) is 81.1. The van der Waals surface area contributed by atoms with Crippen molar-refractivity contribution in [3.8, 4) is 0 Å². The van der Waals surface area contributed by atoms with Crippen molar-refractivity contribution < 1.29 is 80.2 Å². The Morgan fingerprint density at radius 3 is 0.916 bits per heavy atom. The largest absolute Gasteiger partial charge is 0.472 e. The number of aliphatic hydroxyl groups excluding tert-OH is 1. The van der Waals surface area contributed by atoms with Crippen LogP contribution in [-0.4, -0.2) is 96.7 Å². The fourth-order valence-electron chi connectivity index (χ4n) is 9.45. The highest BCUT2D eigenvalue weighted by Gasteiger charge is 2.30. The van der Waals surface area contributed by atoms with Gasteiger partial charge in [0.25, 0.3) is 0 Å². The topological polar surface area (TPSA) is 237 Å². The molecule has 0 heterocycles. The molecule has 0 aliphatic heterocycles. The minimum atomic E-state index is -4.94. The number of carbonyl (C=O) groups is 4. The molecule has 19 heteroatoms. The molecule has 0 amide bonds. The first-order valence-corrected chi connectivity index (χ1v) is 36.4. The quantitative estimate of drug-likeness (QED) is 0.0222. The van der Waals surface area contributed by atoms with Crippen LogP contribution in [0.4, 0.5) is 0 Å². The lowest BCUT2D eigenvalue weighted by atomic mass is 9.99. The molecular weight excluding hydrogens is 1100 g/mol. The van der Waals surface area contributed by atoms with Crippen molar-refractivity contribution in [2.24, 2.45) is 17.8 Å². The number of unbranched alkanes of at least 4 members (excludes halogenated alkanes) is 29. The van der Waals surface area contributed by atoms with Gasteiger partial charge in [-0.3, -0.25) is 37.3 Å². The van der Waals surface area contributed by atoms with Crippen LogP contribution in [-0.2, 0) is 65.4 Å². The van der Waals surface area contributed by atoms with Gasteiger partial charge in [-0.2, -0.15) is 0 Å². The number of phosphoric ester groups is 2. The predicted octanol–water partition coefficient (Wildman–Crippen LogP) is 17.5. The van der Waals surface area contributed by atoms with Gasteiger partial charge in [0.15, 0.2) is 12.2 Å². The van der Waals surface area contributed by atoms with Gasteiger partial charge < -0.3 is 33.8 Å². The Labute approximate surface area is 505 Å². The van der Waals surface area contributed by atoms with E-state index in [-0.39, 0.29) is 25.7 Å². The van der Waals surface area contributed by atoms with Crippen LogP contribution in [0.15, 0.2) is 0 Å². The average molecular weight is 1230 g/mol. The van der Waals surface area contributed by atoms with Crippen molar-refractivity contribution >= 4 is 39.5 Å². The number of hydrogen-bond acceptors (Lipinski definition) is 15. The van der Waals surface area contributed by atoms with Crippen LogP contribution in [0, 0.1) is 17.8 Å². The molecule has 0 aliphatic carbocycles. The smallest absolute Gasteiger partial charge is 0.462 e. The summed E-state index contributed by atoms with van der Waals surface area (Å²) in [6, 6.07) is 0. The van der Waals surface area contributed by atoms with Crippen LogP contribution in [0.25, 0.3) is 0 Å². The van der Waals surface area contributed by atoms with E-state index in [4.69, 9.17) is 37.0 Å². The number of rotatable bonds is 62. The summed E-state index contributed by atoms with van der Waals surface area (Å²) in [5.41, 5.74) is 0. The number of aliphatic hydroxyl groups is 1. The lowest BCUT2D eigenvalue weighted by Crippen LogP contribution is -2.30. The summed E-state index contributed by atoms with van der Waals surface area (Å²) in [6.07, 6.45) is 36.6. The van der Waals surface area contributed by atoms with E-state index in [1.54, 1.807) is 0 Å². The van der Waals surface area contributed by atoms with Gasteiger partial charge in [0.2, 0.25) is 0 Å². The van der Waals surface area contributed by atoms with Gasteiger partial charge in [-0.25, -0.2) is 9.13 Å². The molecule has 0 aromatic heterocycles. The maximum absolute atomic E-state index is 13.0. The molecule has 0 radical (unpaired) electrons. The molecule has 0 saturated heterocycles. The molecule has 0 rings (SSSR count). The van der Waals surface area contributed by atoms with E-state index in [1.807, 2.05) is 0 Å². The normalized spacial score (nSPS) is 14.7. The maximum atomic E-state index is 13.0. The Kier molecular flexibility index (Phi) is 54.1. The lowest BCUT2D eigenvalue weighted by Gasteiger charge is -2.21. The second-order valence-electron chi connectivity index (χ2n) is 24.3. The number of hydrogen-bond donors (Lipinski definition) is 3. The highest BCUT2D eigenvalue weighted by molar-refractivity contribution is 7.47. The SMILES string of the molecule is CCCCCCCC(=O)OC[C@H](COP(=O)(O)OC[C@H](O)COP(=O)(O)OC[C@@H](COC(=O)CCCCCCCCCCCCC(C)CC)OC(=O)CCCCCCCCCCCCCC(C)C)OC(=O)CCCCCCCCCC(C)C. The van der Waals surface area contributed by atoms with Gasteiger partial charge in [0.1, 0.15) is 19.3 Å². The molecule has 0 aliphatic rings. The predicted molar refractivity (Wildman–Crippen MR) is 331 cm³/mol. The Balaban J connectivity index is 5.19. The molecule has 3 unspecified atom stereocenters. The molecule has 83 heavy (non-hydrogen) atoms. The summed E-state index contributed by atoms with van der Waals surface area (Å²) < 4.78 is 67.8. The number of carbonyl (C=O) groups excluding carboxylic acids is 4. The van der Waals surface area contributed by atoms with Gasteiger partial charge >= 0.3 is 39.5 Å². The zero-order chi connectivity index (χ0) is 61.7. The van der Waals surface area contributed by atoms with Crippen molar-refractivity contribution in [1.29, 1.82) is 0 Å². The van der Waals surface area contributed by atoms with Gasteiger partial charge in [0, 0.05) is 25.7 Å². The minimum absolute atomic E-state index is 0.102. The summed E-state index contributed by atoms with van der Waals surface area (Å²) in [6.45, 7) is 11.7. The molecule has 0 spiro atoms. The summed E-state index contributed by atoms with van der Waals surface area (Å²) >= 11 is 0. The van der Waals surface area contributed by atoms with E-state index in [0.717, 1.165) is 108 Å². The van der Waals surface area contributed by atoms with Crippen LogP contribution >= 0.6 is 15.6 Å². The third-order valence-corrected chi connectivity index (χ3v) is 16.9. The minimum Gasteiger partial charge on any atom is -0.462 e. The Morgan fingerprint density at radius 1 is 0.349 bits per heavy atom. The fourth-order valence-corrected chi connectivity index (χ4v) is 11.0. The van der Waals surface area contributed by atoms with E-state index in [2.05, 4.69) is 48.5 Å². The van der Waals surface area contributed by atoms with Crippen LogP contribution in [0.5, 0.6) is 0 Å². The van der Waals surface area contributed by atoms with E-state index in [0.29, 0.717) is 31.6 Å². The van der Waals surface area contributed by atoms with Crippen LogP contribution in [0.3, 0.4) is 0 Å². The van der Waals surface area contributed by atoms with E-state index in [9.17, 15) is 43.2 Å². The van der Waals surface area contributed by atoms with E-state index < -0.39 is 97.5 Å². The van der Waals surface area contributed by atoms with Gasteiger partial charge in [0.05, 0.1) is 26.4 Å². The second kappa shape index (κ2) is 55.4. The van der Waals surface area contributed by atoms with Crippen molar-refractivity contribution in [2.45, 2.75) is 330 Å². The molecule has 0 aromatic carbocycles. The summed E-state index contributed by atoms with van der Waals surface area (Å²) in [5.74, 6) is 0.124. The highest BCUT2D eigenvalue weighted by atomic mass is 31.2. The van der Waals surface area contributed by atoms with Crippen LogP contribution in [0.1, 0.15) is 312 Å². The first-order chi connectivity index (χ1) is 39.8. The zero-order valence-corrected chi connectivity index (χ0v) is 55.4. The van der Waals surface area contributed by atoms with Crippen molar-refractivity contribution in [1.82, 2.24) is 0 Å². The number of esters is 4. The zero-order valence-electron chi connectivity index (χ0n) is 53.6. The molecular formula is C64H124O17P2. The standard InChI is InChI=1S/C64H124O17P2/c1-8-10-11-28-38-45-61(66)74-51-59(80-64(69)48-41-34-27-21-23-30-36-43-56(5)6)53-78-82(70,71)76-49-58(65)50-77-83(72,73)79-54-60(81-63(68)47-40-33-26-20-14-12-13-17-22-29-35-42-55(3)4)52-75-62(67)46-39-32-25-19-16-15-18-24-31-37-44-57(7)9-2/h55-60,65H,8-54H2,1-7H3,(H,70,71)(H,72,73)/t57?,58-,59+,60+/m0/s1. The van der Waals surface area contributed by atoms with E-state index >= 15 is 0 Å². The molecule has 492 valence electrons. The van der Waals surface area contributed by atoms with Crippen molar-refractivity contribution in [3.05, 3.63) is 0 Å². The fraction of sp³-hybridized carbons (Fsp3) is 0.938. The lowest BCUT2D eigenvalue weighted by molar-refractivity contribution is -0.161. The summed E-state index contributed by atoms with van der Waals surface area (Å²) in [4.78, 5) is 72.0. The molecule has 0 fully saturated rings. The van der Waals surface area contributed by atoms with E-state index in [1.165, 1.54) is 116 Å². The van der Waals surface area contributed by atoms with Crippen molar-refractivity contribution in [3.63, 3.8) is 0 Å². The molecule has 17 nitrogen and oxygen atoms in total. The Bertz CT molecular complexity index is 1650. The highest BCUT2D eigenvalue weighted by Crippen LogP contribution is 2.45. The molecule has 0 saturated carbocycles. The van der Waals surface area contributed by atoms with Gasteiger partial charge in [-0.1, -0.05) is 260 Å². The first-order valence-electron chi connectivity index (χ1n) is 33.4. The molecule has 0 bridgehead atoms. The number of phosphoric acid groups is 2. The monoisotopic (exact) mass is 1230 g/mol. The van der Waals surface area contributed by atoms with Crippen molar-refractivity contribution in [2.75, 3.05) is 39.6 Å². The third-order valence-electron chi connectivity index (χ3n) is 15.0. The van der Waals surface area contributed by atoms with Gasteiger partial charge in [-0.05, 0) is 43.4 Å².